The van der Waals surface area contributed by atoms with Crippen molar-refractivity contribution in [3.8, 4) is 11.5 Å². The highest BCUT2D eigenvalue weighted by Crippen LogP contribution is 2.47. The van der Waals surface area contributed by atoms with Crippen LogP contribution in [0.4, 0.5) is 10.1 Å². The van der Waals surface area contributed by atoms with Crippen LogP contribution in [0.1, 0.15) is 50.0 Å². The molecule has 2 aromatic rings. The summed E-state index contributed by atoms with van der Waals surface area (Å²) < 4.78 is 25.3. The molecule has 0 saturated carbocycles. The lowest BCUT2D eigenvalue weighted by atomic mass is 9.71. The molecule has 1 aliphatic heterocycles. The molecule has 1 amide bonds. The summed E-state index contributed by atoms with van der Waals surface area (Å²) in [5.74, 6) is -0.319. The molecule has 0 bridgehead atoms. The van der Waals surface area contributed by atoms with Crippen LogP contribution >= 0.6 is 22.6 Å². The van der Waals surface area contributed by atoms with Gasteiger partial charge in [-0.15, -0.1) is 0 Å². The number of amides is 1. The van der Waals surface area contributed by atoms with Crippen molar-refractivity contribution in [2.75, 3.05) is 19.0 Å². The Hall–Kier alpha value is -3.21. The number of benzene rings is 2. The zero-order valence-corrected chi connectivity index (χ0v) is 22.4. The van der Waals surface area contributed by atoms with E-state index in [0.29, 0.717) is 44.7 Å². The third-order valence-corrected chi connectivity index (χ3v) is 7.65. The Balaban J connectivity index is 1.45. The smallest absolute Gasteiger partial charge is 0.262 e. The summed E-state index contributed by atoms with van der Waals surface area (Å²) in [6, 6.07) is 9.15. The van der Waals surface area contributed by atoms with Crippen molar-refractivity contribution in [3.05, 3.63) is 73.9 Å². The molecule has 0 radical (unpaired) electrons. The minimum Gasteiger partial charge on any atom is -0.493 e. The Kier molecular flexibility index (Phi) is 7.32. The zero-order valence-electron chi connectivity index (χ0n) is 20.3. The normalized spacial score (nSPS) is 17.7. The predicted octanol–water partition coefficient (Wildman–Crippen LogP) is 5.16. The molecule has 3 aliphatic rings. The summed E-state index contributed by atoms with van der Waals surface area (Å²) in [6.07, 6.45) is 4.07. The first-order chi connectivity index (χ1) is 17.9. The van der Waals surface area contributed by atoms with Crippen molar-refractivity contribution < 1.29 is 28.2 Å². The maximum atomic E-state index is 13.1. The first-order valence-electron chi connectivity index (χ1n) is 12.2. The summed E-state index contributed by atoms with van der Waals surface area (Å²) in [5, 5.41) is 6.09. The van der Waals surface area contributed by atoms with Crippen molar-refractivity contribution in [2.24, 2.45) is 0 Å². The van der Waals surface area contributed by atoms with Gasteiger partial charge in [0.1, 0.15) is 5.82 Å². The number of allylic oxidation sites excluding steroid dienone is 4. The molecule has 0 fully saturated rings. The lowest BCUT2D eigenvalue weighted by Crippen LogP contribution is -2.36. The largest absolute Gasteiger partial charge is 0.493 e. The Morgan fingerprint density at radius 2 is 1.65 bits per heavy atom. The van der Waals surface area contributed by atoms with Gasteiger partial charge in [0.15, 0.2) is 29.7 Å². The van der Waals surface area contributed by atoms with Gasteiger partial charge < -0.3 is 20.1 Å². The maximum Gasteiger partial charge on any atom is 0.262 e. The van der Waals surface area contributed by atoms with Crippen LogP contribution in [0.25, 0.3) is 0 Å². The minimum absolute atomic E-state index is 0.0652. The van der Waals surface area contributed by atoms with Crippen molar-refractivity contribution in [1.29, 1.82) is 0 Å². The van der Waals surface area contributed by atoms with E-state index in [-0.39, 0.29) is 18.2 Å². The van der Waals surface area contributed by atoms with E-state index in [1.807, 2.05) is 6.07 Å². The van der Waals surface area contributed by atoms with Crippen LogP contribution in [0.2, 0.25) is 0 Å². The Morgan fingerprint density at radius 3 is 2.24 bits per heavy atom. The van der Waals surface area contributed by atoms with E-state index in [2.05, 4.69) is 33.2 Å². The van der Waals surface area contributed by atoms with Gasteiger partial charge in [-0.05, 0) is 90.2 Å². The summed E-state index contributed by atoms with van der Waals surface area (Å²) in [7, 11) is 1.51. The van der Waals surface area contributed by atoms with Crippen LogP contribution < -0.4 is 20.1 Å². The Bertz CT molecular complexity index is 1310. The number of anilines is 1. The number of nitrogens with one attached hydrogen (secondary N) is 2. The first-order valence-corrected chi connectivity index (χ1v) is 13.3. The van der Waals surface area contributed by atoms with E-state index in [0.717, 1.165) is 42.6 Å². The fourth-order valence-electron chi connectivity index (χ4n) is 5.23. The number of methoxy groups -OCH3 is 1. The highest BCUT2D eigenvalue weighted by Gasteiger charge is 2.40. The number of carbonyl (C=O) groups is 3. The number of ketones is 2. The average molecular weight is 616 g/mol. The van der Waals surface area contributed by atoms with Crippen LogP contribution in [-0.2, 0) is 14.4 Å². The molecule has 0 aromatic heterocycles. The zero-order chi connectivity index (χ0) is 26.1. The van der Waals surface area contributed by atoms with Gasteiger partial charge in [-0.3, -0.25) is 14.4 Å². The number of dihydropyridines is 1. The van der Waals surface area contributed by atoms with Gasteiger partial charge in [0, 0.05) is 47.0 Å². The summed E-state index contributed by atoms with van der Waals surface area (Å²) >= 11 is 2.12. The van der Waals surface area contributed by atoms with E-state index < -0.39 is 17.6 Å². The second-order valence-electron chi connectivity index (χ2n) is 9.27. The lowest BCUT2D eigenvalue weighted by Gasteiger charge is -2.37. The third kappa shape index (κ3) is 5.14. The molecular weight excluding hydrogens is 590 g/mol. The number of ether oxygens (including phenoxy) is 2. The van der Waals surface area contributed by atoms with Crippen LogP contribution in [0.5, 0.6) is 11.5 Å². The SMILES string of the molecule is COc1cc(C2C3=C(CCCC3=O)NC3=C2C(=O)CCC3)cc(I)c1OCC(=O)Nc1ccc(F)cc1. The van der Waals surface area contributed by atoms with E-state index >= 15 is 0 Å². The number of carbonyl (C=O) groups excluding carboxylic acids is 3. The molecule has 0 atom stereocenters. The Labute approximate surface area is 227 Å². The van der Waals surface area contributed by atoms with Gasteiger partial charge >= 0.3 is 0 Å². The second kappa shape index (κ2) is 10.6. The molecule has 2 N–H and O–H groups in total. The highest BCUT2D eigenvalue weighted by molar-refractivity contribution is 14.1. The molecule has 9 heteroatoms. The highest BCUT2D eigenvalue weighted by atomic mass is 127. The van der Waals surface area contributed by atoms with Crippen LogP contribution in [0.3, 0.4) is 0 Å². The summed E-state index contributed by atoms with van der Waals surface area (Å²) in [5.41, 5.74) is 4.43. The molecule has 2 aliphatic carbocycles. The second-order valence-corrected chi connectivity index (χ2v) is 10.4. The van der Waals surface area contributed by atoms with Gasteiger partial charge in [0.25, 0.3) is 5.91 Å². The third-order valence-electron chi connectivity index (χ3n) is 6.85. The number of hydrogen-bond donors (Lipinski definition) is 2. The van der Waals surface area contributed by atoms with E-state index in [1.54, 1.807) is 6.07 Å². The molecule has 7 nitrogen and oxygen atoms in total. The molecule has 1 heterocycles. The van der Waals surface area contributed by atoms with Gasteiger partial charge in [-0.2, -0.15) is 0 Å². The standard InChI is InChI=1S/C28H26FIN2O5/c1-36-23-13-15(12-18(30)28(23)37-14-24(35)31-17-10-8-16(29)9-11-17)25-26-19(4-2-6-21(26)33)32-20-5-3-7-22(34)27(20)25/h8-13,25,32H,2-7,14H2,1H3,(H,31,35). The molecule has 192 valence electrons. The van der Waals surface area contributed by atoms with Crippen molar-refractivity contribution in [1.82, 2.24) is 5.32 Å². The van der Waals surface area contributed by atoms with Crippen LogP contribution in [-0.4, -0.2) is 31.2 Å². The molecule has 2 aromatic carbocycles. The fourth-order valence-corrected chi connectivity index (χ4v) is 6.01. The summed E-state index contributed by atoms with van der Waals surface area (Å²) in [6.45, 7) is -0.280. The van der Waals surface area contributed by atoms with E-state index in [1.165, 1.54) is 31.4 Å². The molecular formula is C28H26FIN2O5. The number of hydrogen-bond acceptors (Lipinski definition) is 6. The van der Waals surface area contributed by atoms with Crippen LogP contribution in [0, 0.1) is 9.39 Å². The monoisotopic (exact) mass is 616 g/mol. The number of Topliss-reactive ketones (excluding diaryl/α,β-unsaturated/α-hetero) is 2. The van der Waals surface area contributed by atoms with E-state index in [9.17, 15) is 18.8 Å². The van der Waals surface area contributed by atoms with Crippen molar-refractivity contribution in [2.45, 2.75) is 44.4 Å². The van der Waals surface area contributed by atoms with Gasteiger partial charge in [0.05, 0.1) is 10.7 Å². The minimum atomic E-state index is -0.454. The molecule has 0 spiro atoms. The predicted molar refractivity (Wildman–Crippen MR) is 144 cm³/mol. The number of rotatable bonds is 6. The molecule has 5 rings (SSSR count). The first kappa shape index (κ1) is 25.4. The maximum absolute atomic E-state index is 13.1. The Morgan fingerprint density at radius 1 is 1.03 bits per heavy atom. The average Bonchev–Trinajstić information content (AvgIpc) is 2.88. The lowest BCUT2D eigenvalue weighted by molar-refractivity contribution is -0.118. The molecule has 37 heavy (non-hydrogen) atoms. The summed E-state index contributed by atoms with van der Waals surface area (Å²) in [4.78, 5) is 38.6. The fraction of sp³-hybridized carbons (Fsp3) is 0.321. The van der Waals surface area contributed by atoms with Gasteiger partial charge in [-0.1, -0.05) is 0 Å². The van der Waals surface area contributed by atoms with Gasteiger partial charge in [-0.25, -0.2) is 4.39 Å². The number of halogens is 2. The van der Waals surface area contributed by atoms with E-state index in [4.69, 9.17) is 9.47 Å². The van der Waals surface area contributed by atoms with Crippen molar-refractivity contribution in [3.63, 3.8) is 0 Å². The van der Waals surface area contributed by atoms with Crippen LogP contribution in [0.15, 0.2) is 58.9 Å². The van der Waals surface area contributed by atoms with Crippen molar-refractivity contribution >= 4 is 45.8 Å². The molecule has 0 saturated heterocycles. The topological polar surface area (TPSA) is 93.7 Å². The molecule has 0 unspecified atom stereocenters. The van der Waals surface area contributed by atoms with Gasteiger partial charge in [0.2, 0.25) is 0 Å². The quantitative estimate of drug-likeness (QED) is 0.436.